The minimum atomic E-state index is 0.0845. The van der Waals surface area contributed by atoms with Crippen molar-refractivity contribution in [3.63, 3.8) is 0 Å². The van der Waals surface area contributed by atoms with Gasteiger partial charge in [-0.15, -0.1) is 0 Å². The Bertz CT molecular complexity index is 508. The Labute approximate surface area is 136 Å². The molecule has 1 N–H and O–H groups in total. The summed E-state index contributed by atoms with van der Waals surface area (Å²) in [6, 6.07) is 6.87. The molecule has 2 nitrogen and oxygen atoms in total. The van der Waals surface area contributed by atoms with Crippen molar-refractivity contribution in [2.75, 3.05) is 6.54 Å². The van der Waals surface area contributed by atoms with E-state index in [4.69, 9.17) is 4.74 Å². The molecule has 1 unspecified atom stereocenters. The van der Waals surface area contributed by atoms with Gasteiger partial charge in [0, 0.05) is 22.5 Å². The van der Waals surface area contributed by atoms with Crippen LogP contribution >= 0.6 is 15.9 Å². The second-order valence-corrected chi connectivity index (χ2v) is 8.01. The van der Waals surface area contributed by atoms with Crippen LogP contribution in [0.1, 0.15) is 58.1 Å². The first kappa shape index (κ1) is 15.4. The first-order valence-electron chi connectivity index (χ1n) is 8.25. The molecule has 1 atom stereocenters. The molecule has 0 bridgehead atoms. The molecule has 1 spiro atoms. The summed E-state index contributed by atoms with van der Waals surface area (Å²) < 4.78 is 7.58. The maximum Gasteiger partial charge on any atom is 0.125 e. The van der Waals surface area contributed by atoms with Gasteiger partial charge in [0.15, 0.2) is 0 Å². The van der Waals surface area contributed by atoms with Crippen LogP contribution < -0.4 is 10.1 Å². The van der Waals surface area contributed by atoms with Gasteiger partial charge in [-0.3, -0.25) is 0 Å². The average Bonchev–Trinajstić information content (AvgIpc) is 2.42. The largest absolute Gasteiger partial charge is 0.487 e. The summed E-state index contributed by atoms with van der Waals surface area (Å²) >= 11 is 3.59. The molecule has 0 radical (unpaired) electrons. The second-order valence-electron chi connectivity index (χ2n) is 7.09. The Morgan fingerprint density at radius 1 is 1.33 bits per heavy atom. The molecule has 1 aliphatic carbocycles. The molecule has 1 aliphatic heterocycles. The second kappa shape index (κ2) is 5.92. The predicted molar refractivity (Wildman–Crippen MR) is 90.7 cm³/mol. The highest BCUT2D eigenvalue weighted by atomic mass is 79.9. The fraction of sp³-hybridized carbons (Fsp3) is 0.667. The molecule has 3 heteroatoms. The average molecular weight is 352 g/mol. The quantitative estimate of drug-likeness (QED) is 0.816. The van der Waals surface area contributed by atoms with Crippen molar-refractivity contribution in [1.29, 1.82) is 0 Å². The number of nitrogens with one attached hydrogen (secondary N) is 1. The molecule has 1 aromatic rings. The summed E-state index contributed by atoms with van der Waals surface area (Å²) in [5.41, 5.74) is 1.40. The molecule has 1 heterocycles. The van der Waals surface area contributed by atoms with E-state index in [0.29, 0.717) is 6.04 Å². The van der Waals surface area contributed by atoms with Gasteiger partial charge in [0.05, 0.1) is 0 Å². The molecule has 1 saturated carbocycles. The lowest BCUT2D eigenvalue weighted by Crippen LogP contribution is -2.54. The van der Waals surface area contributed by atoms with Crippen molar-refractivity contribution in [2.45, 2.75) is 58.1 Å². The minimum Gasteiger partial charge on any atom is -0.487 e. The van der Waals surface area contributed by atoms with Gasteiger partial charge in [0.2, 0.25) is 0 Å². The lowest BCUT2D eigenvalue weighted by Gasteiger charge is -2.53. The number of fused-ring (bicyclic) bond motifs is 1. The van der Waals surface area contributed by atoms with E-state index in [1.165, 1.54) is 24.8 Å². The minimum absolute atomic E-state index is 0.0845. The van der Waals surface area contributed by atoms with Gasteiger partial charge < -0.3 is 10.1 Å². The van der Waals surface area contributed by atoms with Crippen LogP contribution in [0.2, 0.25) is 0 Å². The molecular weight excluding hydrogens is 326 g/mol. The lowest BCUT2D eigenvalue weighted by atomic mass is 9.62. The third-order valence-corrected chi connectivity index (χ3v) is 5.60. The zero-order chi connectivity index (χ0) is 15.0. The highest BCUT2D eigenvalue weighted by molar-refractivity contribution is 9.10. The van der Waals surface area contributed by atoms with Gasteiger partial charge in [-0.05, 0) is 55.8 Å². The van der Waals surface area contributed by atoms with Crippen LogP contribution in [0.25, 0.3) is 0 Å². The zero-order valence-corrected chi connectivity index (χ0v) is 14.9. The van der Waals surface area contributed by atoms with E-state index < -0.39 is 0 Å². The SMILES string of the molecule is CCCNC1CC2(CC(C(C)C)C2)Oc2ccc(Br)cc21. The third kappa shape index (κ3) is 3.00. The smallest absolute Gasteiger partial charge is 0.125 e. The zero-order valence-electron chi connectivity index (χ0n) is 13.3. The summed E-state index contributed by atoms with van der Waals surface area (Å²) in [4.78, 5) is 0. The predicted octanol–water partition coefficient (Wildman–Crippen LogP) is 5.08. The number of halogens is 1. The number of ether oxygens (including phenoxy) is 1. The normalized spacial score (nSPS) is 30.9. The van der Waals surface area contributed by atoms with E-state index in [2.05, 4.69) is 60.2 Å². The van der Waals surface area contributed by atoms with Crippen LogP contribution in [0.15, 0.2) is 22.7 Å². The van der Waals surface area contributed by atoms with Crippen molar-refractivity contribution < 1.29 is 4.74 Å². The van der Waals surface area contributed by atoms with Crippen LogP contribution in [0, 0.1) is 11.8 Å². The van der Waals surface area contributed by atoms with Gasteiger partial charge in [-0.2, -0.15) is 0 Å². The van der Waals surface area contributed by atoms with Crippen molar-refractivity contribution in [3.05, 3.63) is 28.2 Å². The van der Waals surface area contributed by atoms with Crippen LogP contribution in [0.5, 0.6) is 5.75 Å². The van der Waals surface area contributed by atoms with E-state index in [9.17, 15) is 0 Å². The molecule has 1 fully saturated rings. The Morgan fingerprint density at radius 2 is 2.10 bits per heavy atom. The third-order valence-electron chi connectivity index (χ3n) is 5.10. The molecule has 3 rings (SSSR count). The summed E-state index contributed by atoms with van der Waals surface area (Å²) in [5.74, 6) is 2.68. The van der Waals surface area contributed by atoms with Gasteiger partial charge in [-0.25, -0.2) is 0 Å². The van der Waals surface area contributed by atoms with Crippen LogP contribution in [0.3, 0.4) is 0 Å². The van der Waals surface area contributed by atoms with E-state index in [-0.39, 0.29) is 5.60 Å². The molecular formula is C18H26BrNO. The van der Waals surface area contributed by atoms with Crippen LogP contribution in [-0.2, 0) is 0 Å². The van der Waals surface area contributed by atoms with Gasteiger partial charge in [0.25, 0.3) is 0 Å². The lowest BCUT2D eigenvalue weighted by molar-refractivity contribution is -0.0873. The highest BCUT2D eigenvalue weighted by Crippen LogP contribution is 2.53. The summed E-state index contributed by atoms with van der Waals surface area (Å²) in [6.07, 6.45) is 4.71. The number of hydrogen-bond donors (Lipinski definition) is 1. The Hall–Kier alpha value is -0.540. The summed E-state index contributed by atoms with van der Waals surface area (Å²) in [7, 11) is 0. The summed E-state index contributed by atoms with van der Waals surface area (Å²) in [6.45, 7) is 7.96. The summed E-state index contributed by atoms with van der Waals surface area (Å²) in [5, 5.41) is 3.72. The van der Waals surface area contributed by atoms with E-state index in [0.717, 1.165) is 35.0 Å². The number of rotatable bonds is 4. The van der Waals surface area contributed by atoms with Gasteiger partial charge >= 0.3 is 0 Å². The Balaban J connectivity index is 1.82. The van der Waals surface area contributed by atoms with Crippen LogP contribution in [-0.4, -0.2) is 12.1 Å². The number of benzene rings is 1. The maximum atomic E-state index is 6.44. The van der Waals surface area contributed by atoms with E-state index >= 15 is 0 Å². The molecule has 0 aromatic heterocycles. The van der Waals surface area contributed by atoms with E-state index in [1.807, 2.05) is 0 Å². The Kier molecular flexibility index (Phi) is 4.33. The fourth-order valence-corrected chi connectivity index (χ4v) is 4.14. The van der Waals surface area contributed by atoms with E-state index in [1.54, 1.807) is 0 Å². The van der Waals surface area contributed by atoms with Crippen LogP contribution in [0.4, 0.5) is 0 Å². The highest BCUT2D eigenvalue weighted by Gasteiger charge is 2.51. The fourth-order valence-electron chi connectivity index (χ4n) is 3.76. The van der Waals surface area contributed by atoms with Gasteiger partial charge in [-0.1, -0.05) is 36.7 Å². The van der Waals surface area contributed by atoms with Gasteiger partial charge in [0.1, 0.15) is 11.4 Å². The molecule has 116 valence electrons. The maximum absolute atomic E-state index is 6.44. The first-order valence-corrected chi connectivity index (χ1v) is 9.04. The van der Waals surface area contributed by atoms with Crippen molar-refractivity contribution in [2.24, 2.45) is 11.8 Å². The van der Waals surface area contributed by atoms with Crippen molar-refractivity contribution in [3.8, 4) is 5.75 Å². The standard InChI is InChI=1S/C18H26BrNO/c1-4-7-20-16-11-18(9-13(10-18)12(2)3)21-17-6-5-14(19)8-15(16)17/h5-6,8,12-13,16,20H,4,7,9-11H2,1-3H3. The molecule has 0 saturated heterocycles. The van der Waals surface area contributed by atoms with Crippen molar-refractivity contribution >= 4 is 15.9 Å². The first-order chi connectivity index (χ1) is 10.0. The monoisotopic (exact) mass is 351 g/mol. The topological polar surface area (TPSA) is 21.3 Å². The van der Waals surface area contributed by atoms with Crippen molar-refractivity contribution in [1.82, 2.24) is 5.32 Å². The molecule has 2 aliphatic rings. The number of hydrogen-bond acceptors (Lipinski definition) is 2. The Morgan fingerprint density at radius 3 is 2.76 bits per heavy atom. The molecule has 0 amide bonds. The molecule has 21 heavy (non-hydrogen) atoms. The molecule has 1 aromatic carbocycles.